The van der Waals surface area contributed by atoms with E-state index in [4.69, 9.17) is 0 Å². The van der Waals surface area contributed by atoms with Gasteiger partial charge in [-0.3, -0.25) is 0 Å². The Balaban J connectivity index is 0.00000220. The van der Waals surface area contributed by atoms with Crippen molar-refractivity contribution in [3.8, 4) is 0 Å². The molecular weight excluding hydrogens is 387 g/mol. The summed E-state index contributed by atoms with van der Waals surface area (Å²) in [6.45, 7) is 6.81. The molecule has 0 aromatic heterocycles. The highest BCUT2D eigenvalue weighted by molar-refractivity contribution is 14.0. The van der Waals surface area contributed by atoms with Gasteiger partial charge in [0.15, 0.2) is 5.96 Å². The van der Waals surface area contributed by atoms with Crippen molar-refractivity contribution < 1.29 is 8.78 Å². The number of guanidine groups is 1. The third-order valence-electron chi connectivity index (χ3n) is 3.21. The fraction of sp³-hybridized carbons (Fsp3) is 0.400. The van der Waals surface area contributed by atoms with Crippen LogP contribution in [0.5, 0.6) is 0 Å². The molecule has 3 nitrogen and oxygen atoms in total. The molecule has 2 atom stereocenters. The van der Waals surface area contributed by atoms with Crippen molar-refractivity contribution in [2.75, 3.05) is 13.1 Å². The summed E-state index contributed by atoms with van der Waals surface area (Å²) in [6, 6.07) is 3.99. The monoisotopic (exact) mass is 407 g/mol. The van der Waals surface area contributed by atoms with Gasteiger partial charge in [-0.15, -0.1) is 30.6 Å². The van der Waals surface area contributed by atoms with Gasteiger partial charge in [-0.25, -0.2) is 13.8 Å². The molecule has 1 aromatic rings. The van der Waals surface area contributed by atoms with E-state index >= 15 is 0 Å². The lowest BCUT2D eigenvalue weighted by Crippen LogP contribution is -2.39. The molecule has 6 heteroatoms. The van der Waals surface area contributed by atoms with E-state index < -0.39 is 11.6 Å². The van der Waals surface area contributed by atoms with Gasteiger partial charge in [0.25, 0.3) is 0 Å². The van der Waals surface area contributed by atoms with E-state index in [9.17, 15) is 8.78 Å². The Bertz CT molecular complexity index is 499. The second kappa shape index (κ2) is 8.31. The quantitative estimate of drug-likeness (QED) is 0.341. The predicted molar refractivity (Wildman–Crippen MR) is 92.2 cm³/mol. The van der Waals surface area contributed by atoms with Gasteiger partial charge in [-0.1, -0.05) is 12.1 Å². The number of nitrogens with one attached hydrogen (secondary N) is 2. The summed E-state index contributed by atoms with van der Waals surface area (Å²) in [5.41, 5.74) is 0.171. The Morgan fingerprint density at radius 1 is 1.43 bits per heavy atom. The topological polar surface area (TPSA) is 36.4 Å². The Morgan fingerprint density at radius 2 is 2.10 bits per heavy atom. The van der Waals surface area contributed by atoms with Crippen molar-refractivity contribution in [3.63, 3.8) is 0 Å². The third kappa shape index (κ3) is 4.66. The van der Waals surface area contributed by atoms with Crippen LogP contribution in [-0.4, -0.2) is 25.1 Å². The number of aliphatic imine (C=N–C) groups is 1. The van der Waals surface area contributed by atoms with E-state index in [0.29, 0.717) is 18.9 Å². The van der Waals surface area contributed by atoms with Crippen LogP contribution in [-0.2, 0) is 0 Å². The van der Waals surface area contributed by atoms with Gasteiger partial charge in [-0.2, -0.15) is 0 Å². The molecule has 1 saturated carbocycles. The molecular formula is C15H20F2IN3. The summed E-state index contributed by atoms with van der Waals surface area (Å²) in [7, 11) is 0. The SMILES string of the molecule is C=CCN=C(NCC)NC1CC1c1c(F)cccc1F.I. The van der Waals surface area contributed by atoms with Crippen molar-refractivity contribution in [2.45, 2.75) is 25.3 Å². The smallest absolute Gasteiger partial charge is 0.191 e. The van der Waals surface area contributed by atoms with Crippen molar-refractivity contribution in [3.05, 3.63) is 48.1 Å². The molecule has 0 heterocycles. The molecule has 1 aliphatic carbocycles. The normalized spacial score (nSPS) is 20.4. The molecule has 0 amide bonds. The van der Waals surface area contributed by atoms with Gasteiger partial charge in [0.05, 0.1) is 6.54 Å². The number of nitrogens with zero attached hydrogens (tertiary/aromatic N) is 1. The Morgan fingerprint density at radius 3 is 2.67 bits per heavy atom. The highest BCUT2D eigenvalue weighted by Gasteiger charge is 2.42. The number of hydrogen-bond acceptors (Lipinski definition) is 1. The molecule has 0 aliphatic heterocycles. The standard InChI is InChI=1S/C15H19F2N3.HI/c1-3-8-19-15(18-4-2)20-13-9-10(13)14-11(16)6-5-7-12(14)17;/h3,5-7,10,13H,1,4,8-9H2,2H3,(H2,18,19,20);1H. The van der Waals surface area contributed by atoms with Crippen LogP contribution in [0.2, 0.25) is 0 Å². The molecule has 1 aromatic carbocycles. The van der Waals surface area contributed by atoms with Crippen LogP contribution in [0.1, 0.15) is 24.8 Å². The molecule has 1 fully saturated rings. The highest BCUT2D eigenvalue weighted by atomic mass is 127. The van der Waals surface area contributed by atoms with Crippen molar-refractivity contribution in [1.29, 1.82) is 0 Å². The van der Waals surface area contributed by atoms with E-state index in [0.717, 1.165) is 6.54 Å². The lowest BCUT2D eigenvalue weighted by Gasteiger charge is -2.11. The first-order chi connectivity index (χ1) is 9.67. The van der Waals surface area contributed by atoms with Gasteiger partial charge in [-0.05, 0) is 25.5 Å². The number of benzene rings is 1. The molecule has 116 valence electrons. The molecule has 0 bridgehead atoms. The van der Waals surface area contributed by atoms with Gasteiger partial charge < -0.3 is 10.6 Å². The van der Waals surface area contributed by atoms with E-state index in [1.165, 1.54) is 18.2 Å². The first kappa shape index (κ1) is 17.9. The zero-order valence-corrected chi connectivity index (χ0v) is 14.2. The fourth-order valence-electron chi connectivity index (χ4n) is 2.19. The Hall–Kier alpha value is -1.18. The van der Waals surface area contributed by atoms with Crippen molar-refractivity contribution in [2.24, 2.45) is 4.99 Å². The zero-order chi connectivity index (χ0) is 14.5. The third-order valence-corrected chi connectivity index (χ3v) is 3.21. The maximum atomic E-state index is 13.7. The summed E-state index contributed by atoms with van der Waals surface area (Å²) in [5, 5.41) is 6.28. The number of hydrogen-bond donors (Lipinski definition) is 2. The summed E-state index contributed by atoms with van der Waals surface area (Å²) in [5.74, 6) is -0.444. The average molecular weight is 407 g/mol. The predicted octanol–water partition coefficient (Wildman–Crippen LogP) is 3.18. The summed E-state index contributed by atoms with van der Waals surface area (Å²) >= 11 is 0. The molecule has 2 unspecified atom stereocenters. The molecule has 0 radical (unpaired) electrons. The molecule has 21 heavy (non-hydrogen) atoms. The largest absolute Gasteiger partial charge is 0.357 e. The molecule has 2 rings (SSSR count). The van der Waals surface area contributed by atoms with Crippen LogP contribution in [0, 0.1) is 11.6 Å². The van der Waals surface area contributed by atoms with Gasteiger partial charge in [0, 0.05) is 24.1 Å². The summed E-state index contributed by atoms with van der Waals surface area (Å²) < 4.78 is 27.4. The first-order valence-electron chi connectivity index (χ1n) is 6.77. The maximum absolute atomic E-state index is 13.7. The van der Waals surface area contributed by atoms with Gasteiger partial charge in [0.2, 0.25) is 0 Å². The summed E-state index contributed by atoms with van der Waals surface area (Å²) in [6.07, 6.45) is 2.40. The lowest BCUT2D eigenvalue weighted by atomic mass is 10.1. The second-order valence-corrected chi connectivity index (χ2v) is 4.74. The van der Waals surface area contributed by atoms with Gasteiger partial charge in [0.1, 0.15) is 11.6 Å². The summed E-state index contributed by atoms with van der Waals surface area (Å²) in [4.78, 5) is 4.27. The van der Waals surface area contributed by atoms with Crippen molar-refractivity contribution >= 4 is 29.9 Å². The van der Waals surface area contributed by atoms with Crippen molar-refractivity contribution in [1.82, 2.24) is 10.6 Å². The van der Waals surface area contributed by atoms with Crippen LogP contribution >= 0.6 is 24.0 Å². The number of rotatable bonds is 5. The van der Waals surface area contributed by atoms with Crippen LogP contribution in [0.4, 0.5) is 8.78 Å². The second-order valence-electron chi connectivity index (χ2n) is 4.74. The minimum absolute atomic E-state index is 0. The Kier molecular flexibility index (Phi) is 7.07. The van der Waals surface area contributed by atoms with E-state index in [2.05, 4.69) is 22.2 Å². The van der Waals surface area contributed by atoms with Gasteiger partial charge >= 0.3 is 0 Å². The average Bonchev–Trinajstić information content (AvgIpc) is 3.15. The van der Waals surface area contributed by atoms with E-state index in [1.807, 2.05) is 6.92 Å². The minimum atomic E-state index is -0.479. The maximum Gasteiger partial charge on any atom is 0.191 e. The van der Waals surface area contributed by atoms with E-state index in [-0.39, 0.29) is 41.5 Å². The molecule has 0 saturated heterocycles. The van der Waals surface area contributed by atoms with Crippen LogP contribution in [0.3, 0.4) is 0 Å². The lowest BCUT2D eigenvalue weighted by molar-refractivity contribution is 0.553. The first-order valence-corrected chi connectivity index (χ1v) is 6.77. The molecule has 0 spiro atoms. The molecule has 2 N–H and O–H groups in total. The number of halogens is 3. The zero-order valence-electron chi connectivity index (χ0n) is 11.9. The van der Waals surface area contributed by atoms with Crippen LogP contribution in [0.15, 0.2) is 35.8 Å². The Labute approximate surface area is 140 Å². The van der Waals surface area contributed by atoms with E-state index in [1.54, 1.807) is 6.08 Å². The van der Waals surface area contributed by atoms with Crippen LogP contribution < -0.4 is 10.6 Å². The van der Waals surface area contributed by atoms with Crippen LogP contribution in [0.25, 0.3) is 0 Å². The molecule has 1 aliphatic rings. The fourth-order valence-corrected chi connectivity index (χ4v) is 2.19. The highest BCUT2D eigenvalue weighted by Crippen LogP contribution is 2.42. The minimum Gasteiger partial charge on any atom is -0.357 e.